The van der Waals surface area contributed by atoms with Crippen molar-refractivity contribution in [3.63, 3.8) is 0 Å². The fourth-order valence-electron chi connectivity index (χ4n) is 1.63. The van der Waals surface area contributed by atoms with E-state index in [1.165, 1.54) is 0 Å². The van der Waals surface area contributed by atoms with Crippen molar-refractivity contribution < 1.29 is 14.3 Å². The predicted octanol–water partition coefficient (Wildman–Crippen LogP) is 3.92. The van der Waals surface area contributed by atoms with E-state index in [1.807, 2.05) is 13.0 Å². The molecule has 1 unspecified atom stereocenters. The fraction of sp³-hybridized carbons (Fsp3) is 0.467. The van der Waals surface area contributed by atoms with Crippen molar-refractivity contribution in [3.05, 3.63) is 33.8 Å². The van der Waals surface area contributed by atoms with E-state index in [1.54, 1.807) is 39.8 Å². The van der Waals surface area contributed by atoms with Crippen molar-refractivity contribution in [1.29, 1.82) is 0 Å². The maximum Gasteiger partial charge on any atom is 0.317 e. The molecule has 1 aromatic carbocycles. The van der Waals surface area contributed by atoms with Gasteiger partial charge in [0.1, 0.15) is 11.5 Å². The maximum absolute atomic E-state index is 12.3. The first kappa shape index (κ1) is 15.9. The molecule has 4 heteroatoms. The molecule has 0 saturated carbocycles. The first-order valence-electron chi connectivity index (χ1n) is 6.15. The highest BCUT2D eigenvalue weighted by Crippen LogP contribution is 2.20. The predicted molar refractivity (Wildman–Crippen MR) is 78.2 cm³/mol. The summed E-state index contributed by atoms with van der Waals surface area (Å²) in [6.45, 7) is 8.78. The zero-order chi connectivity index (χ0) is 14.8. The zero-order valence-electron chi connectivity index (χ0n) is 11.9. The molecule has 0 amide bonds. The number of hydrogen-bond acceptors (Lipinski definition) is 3. The topological polar surface area (TPSA) is 43.4 Å². The van der Waals surface area contributed by atoms with Gasteiger partial charge in [0.25, 0.3) is 0 Å². The third kappa shape index (κ3) is 4.46. The van der Waals surface area contributed by atoms with Crippen LogP contribution in [0, 0.1) is 12.8 Å². The lowest BCUT2D eigenvalue weighted by Crippen LogP contribution is -2.31. The standard InChI is InChI=1S/C15H19BrO3/c1-9-8-11(16)6-7-12(9)13(17)10(2)14(18)19-15(3,4)5/h6-8,10H,1-5H3. The van der Waals surface area contributed by atoms with Gasteiger partial charge in [-0.3, -0.25) is 9.59 Å². The number of benzene rings is 1. The second kappa shape index (κ2) is 5.87. The normalized spacial score (nSPS) is 12.9. The molecule has 0 aliphatic rings. The van der Waals surface area contributed by atoms with Crippen molar-refractivity contribution in [1.82, 2.24) is 0 Å². The molecule has 104 valence electrons. The van der Waals surface area contributed by atoms with Gasteiger partial charge in [0, 0.05) is 10.0 Å². The Labute approximate surface area is 122 Å². The third-order valence-corrected chi connectivity index (χ3v) is 3.10. The van der Waals surface area contributed by atoms with Crippen LogP contribution in [0.15, 0.2) is 22.7 Å². The number of esters is 1. The minimum Gasteiger partial charge on any atom is -0.459 e. The lowest BCUT2D eigenvalue weighted by Gasteiger charge is -2.22. The molecule has 1 atom stereocenters. The molecule has 0 aliphatic carbocycles. The number of halogens is 1. The molecule has 1 aromatic rings. The Morgan fingerprint density at radius 1 is 1.26 bits per heavy atom. The molecule has 0 heterocycles. The van der Waals surface area contributed by atoms with Crippen LogP contribution < -0.4 is 0 Å². The van der Waals surface area contributed by atoms with E-state index in [-0.39, 0.29) is 5.78 Å². The number of carbonyl (C=O) groups excluding carboxylic acids is 2. The Kier molecular flexibility index (Phi) is 4.91. The van der Waals surface area contributed by atoms with Gasteiger partial charge < -0.3 is 4.74 Å². The number of carbonyl (C=O) groups is 2. The van der Waals surface area contributed by atoms with Crippen molar-refractivity contribution in [3.8, 4) is 0 Å². The molecule has 1 rings (SSSR count). The van der Waals surface area contributed by atoms with Gasteiger partial charge in [0.15, 0.2) is 5.78 Å². The van der Waals surface area contributed by atoms with Gasteiger partial charge in [0.2, 0.25) is 0 Å². The summed E-state index contributed by atoms with van der Waals surface area (Å²) >= 11 is 3.35. The summed E-state index contributed by atoms with van der Waals surface area (Å²) in [5, 5.41) is 0. The molecule has 0 aromatic heterocycles. The first-order chi connectivity index (χ1) is 8.61. The highest BCUT2D eigenvalue weighted by molar-refractivity contribution is 9.10. The molecule has 0 N–H and O–H groups in total. The van der Waals surface area contributed by atoms with E-state index in [0.29, 0.717) is 5.56 Å². The minimum absolute atomic E-state index is 0.209. The van der Waals surface area contributed by atoms with Crippen molar-refractivity contribution in [2.45, 2.75) is 40.2 Å². The quantitative estimate of drug-likeness (QED) is 0.480. The first-order valence-corrected chi connectivity index (χ1v) is 6.94. The molecule has 0 bridgehead atoms. The van der Waals surface area contributed by atoms with Crippen LogP contribution in [-0.4, -0.2) is 17.4 Å². The molecular formula is C15H19BrO3. The van der Waals surface area contributed by atoms with Crippen LogP contribution >= 0.6 is 15.9 Å². The van der Waals surface area contributed by atoms with Gasteiger partial charge in [-0.1, -0.05) is 15.9 Å². The SMILES string of the molecule is Cc1cc(Br)ccc1C(=O)C(C)C(=O)OC(C)(C)C. The summed E-state index contributed by atoms with van der Waals surface area (Å²) in [6.07, 6.45) is 0. The highest BCUT2D eigenvalue weighted by atomic mass is 79.9. The van der Waals surface area contributed by atoms with Crippen molar-refractivity contribution in [2.75, 3.05) is 0 Å². The van der Waals surface area contributed by atoms with Crippen molar-refractivity contribution >= 4 is 27.7 Å². The monoisotopic (exact) mass is 326 g/mol. The van der Waals surface area contributed by atoms with Crippen LogP contribution in [0.25, 0.3) is 0 Å². The fourth-order valence-corrected chi connectivity index (χ4v) is 2.11. The zero-order valence-corrected chi connectivity index (χ0v) is 13.5. The van der Waals surface area contributed by atoms with E-state index >= 15 is 0 Å². The van der Waals surface area contributed by atoms with Crippen LogP contribution in [0.4, 0.5) is 0 Å². The van der Waals surface area contributed by atoms with Gasteiger partial charge in [-0.05, 0) is 58.4 Å². The van der Waals surface area contributed by atoms with E-state index < -0.39 is 17.5 Å². The van der Waals surface area contributed by atoms with Gasteiger partial charge in [-0.25, -0.2) is 0 Å². The summed E-state index contributed by atoms with van der Waals surface area (Å²) in [6, 6.07) is 5.37. The van der Waals surface area contributed by atoms with Gasteiger partial charge in [-0.15, -0.1) is 0 Å². The molecule has 0 spiro atoms. The number of aryl methyl sites for hydroxylation is 1. The second-order valence-electron chi connectivity index (χ2n) is 5.58. The second-order valence-corrected chi connectivity index (χ2v) is 6.49. The van der Waals surface area contributed by atoms with Crippen LogP contribution in [0.5, 0.6) is 0 Å². The molecular weight excluding hydrogens is 308 g/mol. The summed E-state index contributed by atoms with van der Waals surface area (Å²) < 4.78 is 6.15. The smallest absolute Gasteiger partial charge is 0.317 e. The summed E-state index contributed by atoms with van der Waals surface area (Å²) in [4.78, 5) is 24.2. The Morgan fingerprint density at radius 2 is 1.84 bits per heavy atom. The molecule has 0 fully saturated rings. The Morgan fingerprint density at radius 3 is 2.32 bits per heavy atom. The number of ketones is 1. The number of Topliss-reactive ketones (excluding diaryl/α,β-unsaturated/α-hetero) is 1. The number of rotatable bonds is 3. The largest absolute Gasteiger partial charge is 0.459 e. The summed E-state index contributed by atoms with van der Waals surface area (Å²) in [7, 11) is 0. The van der Waals surface area contributed by atoms with Gasteiger partial charge in [-0.2, -0.15) is 0 Å². The van der Waals surface area contributed by atoms with Crippen LogP contribution in [-0.2, 0) is 9.53 Å². The molecule has 0 radical (unpaired) electrons. The third-order valence-electron chi connectivity index (χ3n) is 2.61. The van der Waals surface area contributed by atoms with Crippen molar-refractivity contribution in [2.24, 2.45) is 5.92 Å². The summed E-state index contributed by atoms with van der Waals surface area (Å²) in [5.41, 5.74) is 0.816. The number of ether oxygens (including phenoxy) is 1. The van der Waals surface area contributed by atoms with E-state index in [2.05, 4.69) is 15.9 Å². The minimum atomic E-state index is -0.792. The Balaban J connectivity index is 2.91. The average molecular weight is 327 g/mol. The van der Waals surface area contributed by atoms with Crippen LogP contribution in [0.1, 0.15) is 43.6 Å². The number of hydrogen-bond donors (Lipinski definition) is 0. The average Bonchev–Trinajstić information content (AvgIpc) is 2.24. The maximum atomic E-state index is 12.3. The van der Waals surface area contributed by atoms with E-state index in [9.17, 15) is 9.59 Å². The van der Waals surface area contributed by atoms with E-state index in [0.717, 1.165) is 10.0 Å². The summed E-state index contributed by atoms with van der Waals surface area (Å²) in [5.74, 6) is -1.49. The van der Waals surface area contributed by atoms with Crippen LogP contribution in [0.2, 0.25) is 0 Å². The Hall–Kier alpha value is -1.16. The lowest BCUT2D eigenvalue weighted by atomic mass is 9.96. The molecule has 0 aliphatic heterocycles. The van der Waals surface area contributed by atoms with Crippen LogP contribution in [0.3, 0.4) is 0 Å². The molecule has 19 heavy (non-hydrogen) atoms. The van der Waals surface area contributed by atoms with Gasteiger partial charge >= 0.3 is 5.97 Å². The Bertz CT molecular complexity index is 501. The van der Waals surface area contributed by atoms with E-state index in [4.69, 9.17) is 4.74 Å². The molecule has 0 saturated heterocycles. The highest BCUT2D eigenvalue weighted by Gasteiger charge is 2.28. The molecule has 3 nitrogen and oxygen atoms in total. The lowest BCUT2D eigenvalue weighted by molar-refractivity contribution is -0.157. The van der Waals surface area contributed by atoms with Gasteiger partial charge in [0.05, 0.1) is 0 Å².